The van der Waals surface area contributed by atoms with Gasteiger partial charge in [-0.2, -0.15) is 5.10 Å². The maximum atomic E-state index is 11.8. The molecule has 0 unspecified atom stereocenters. The molecule has 0 aliphatic heterocycles. The van der Waals surface area contributed by atoms with Crippen molar-refractivity contribution < 1.29 is 19.4 Å². The van der Waals surface area contributed by atoms with Gasteiger partial charge in [0.2, 0.25) is 5.91 Å². The van der Waals surface area contributed by atoms with Gasteiger partial charge >= 0.3 is 5.69 Å². The van der Waals surface area contributed by atoms with Crippen molar-refractivity contribution in [1.29, 1.82) is 0 Å². The third-order valence-corrected chi connectivity index (χ3v) is 4.46. The maximum Gasteiger partial charge on any atom is 0.311 e. The van der Waals surface area contributed by atoms with Crippen LogP contribution in [0.4, 0.5) is 11.4 Å². The molecule has 2 rings (SSSR count). The smallest absolute Gasteiger partial charge is 0.311 e. The molecule has 1 amide bonds. The fraction of sp³-hybridized carbons (Fsp3) is 0.176. The highest BCUT2D eigenvalue weighted by molar-refractivity contribution is 7.99. The number of nitro benzene ring substituents is 2. The lowest BCUT2D eigenvalue weighted by atomic mass is 10.2. The number of ether oxygens (including phenoxy) is 1. The number of benzene rings is 2. The summed E-state index contributed by atoms with van der Waals surface area (Å²) in [6, 6.07) is 10.4. The van der Waals surface area contributed by atoms with Gasteiger partial charge in [-0.05, 0) is 17.7 Å². The Kier molecular flexibility index (Phi) is 7.45. The Morgan fingerprint density at radius 1 is 1.18 bits per heavy atom. The average molecular weight is 404 g/mol. The van der Waals surface area contributed by atoms with Gasteiger partial charge in [0.15, 0.2) is 5.75 Å². The zero-order valence-electron chi connectivity index (χ0n) is 14.7. The monoisotopic (exact) mass is 404 g/mol. The fourth-order valence-corrected chi connectivity index (χ4v) is 2.90. The van der Waals surface area contributed by atoms with Crippen LogP contribution in [0.1, 0.15) is 11.1 Å². The summed E-state index contributed by atoms with van der Waals surface area (Å²) in [6.45, 7) is 0. The minimum atomic E-state index is -0.566. The Morgan fingerprint density at radius 3 is 2.50 bits per heavy atom. The normalized spacial score (nSPS) is 10.6. The molecule has 0 aromatic heterocycles. The molecule has 0 saturated carbocycles. The van der Waals surface area contributed by atoms with Crippen LogP contribution >= 0.6 is 11.8 Å². The number of carbonyl (C=O) groups excluding carboxylic acids is 1. The topological polar surface area (TPSA) is 137 Å². The quantitative estimate of drug-likeness (QED) is 0.385. The lowest BCUT2D eigenvalue weighted by Gasteiger charge is -2.03. The highest BCUT2D eigenvalue weighted by Gasteiger charge is 2.14. The number of amides is 1. The molecule has 0 fully saturated rings. The minimum Gasteiger partial charge on any atom is -0.490 e. The summed E-state index contributed by atoms with van der Waals surface area (Å²) >= 11 is 1.32. The molecule has 0 atom stereocenters. The molecular weight excluding hydrogens is 388 g/mol. The number of nitrogens with zero attached hydrogens (tertiary/aromatic N) is 3. The first-order valence-corrected chi connectivity index (χ1v) is 9.01. The molecule has 10 nitrogen and oxygen atoms in total. The zero-order valence-corrected chi connectivity index (χ0v) is 15.5. The van der Waals surface area contributed by atoms with Gasteiger partial charge in [0.25, 0.3) is 5.69 Å². The lowest BCUT2D eigenvalue weighted by Crippen LogP contribution is -2.19. The van der Waals surface area contributed by atoms with E-state index in [0.717, 1.165) is 5.56 Å². The molecule has 2 aromatic rings. The van der Waals surface area contributed by atoms with Gasteiger partial charge in [-0.15, -0.1) is 11.8 Å². The second-order valence-corrected chi connectivity index (χ2v) is 6.38. The van der Waals surface area contributed by atoms with Crippen LogP contribution in [0.5, 0.6) is 5.75 Å². The number of methoxy groups -OCH3 is 1. The van der Waals surface area contributed by atoms with Crippen molar-refractivity contribution in [3.05, 3.63) is 73.8 Å². The number of nitrogens with one attached hydrogen (secondary N) is 1. The van der Waals surface area contributed by atoms with Crippen molar-refractivity contribution in [2.24, 2.45) is 5.10 Å². The number of thioether (sulfide) groups is 1. The van der Waals surface area contributed by atoms with Crippen molar-refractivity contribution >= 4 is 35.3 Å². The minimum absolute atomic E-state index is 0.0135. The van der Waals surface area contributed by atoms with Crippen LogP contribution in [-0.4, -0.2) is 34.8 Å². The van der Waals surface area contributed by atoms with Gasteiger partial charge in [-0.3, -0.25) is 25.0 Å². The molecule has 0 saturated heterocycles. The first-order valence-electron chi connectivity index (χ1n) is 7.86. The first-order chi connectivity index (χ1) is 13.4. The summed E-state index contributed by atoms with van der Waals surface area (Å²) in [7, 11) is 1.34. The Hall–Kier alpha value is -3.47. The summed E-state index contributed by atoms with van der Waals surface area (Å²) in [4.78, 5) is 32.3. The van der Waals surface area contributed by atoms with Crippen LogP contribution < -0.4 is 10.2 Å². The van der Waals surface area contributed by atoms with Crippen molar-refractivity contribution in [2.75, 3.05) is 12.9 Å². The third kappa shape index (κ3) is 6.06. The van der Waals surface area contributed by atoms with Gasteiger partial charge in [-0.1, -0.05) is 12.1 Å². The van der Waals surface area contributed by atoms with Gasteiger partial charge in [0, 0.05) is 29.5 Å². The Balaban J connectivity index is 1.81. The second-order valence-electron chi connectivity index (χ2n) is 5.40. The van der Waals surface area contributed by atoms with E-state index < -0.39 is 9.85 Å². The predicted octanol–water partition coefficient (Wildman–Crippen LogP) is 2.90. The summed E-state index contributed by atoms with van der Waals surface area (Å²) < 4.78 is 4.91. The fourth-order valence-electron chi connectivity index (χ4n) is 2.12. The van der Waals surface area contributed by atoms with E-state index in [1.165, 1.54) is 49.4 Å². The largest absolute Gasteiger partial charge is 0.490 e. The van der Waals surface area contributed by atoms with Crippen LogP contribution in [0.15, 0.2) is 47.6 Å². The highest BCUT2D eigenvalue weighted by Crippen LogP contribution is 2.26. The van der Waals surface area contributed by atoms with Gasteiger partial charge in [0.05, 0.1) is 28.9 Å². The molecule has 0 aliphatic carbocycles. The summed E-state index contributed by atoms with van der Waals surface area (Å²) in [5.41, 5.74) is 3.45. The van der Waals surface area contributed by atoms with E-state index in [1.54, 1.807) is 18.2 Å². The molecular formula is C17H16N4O6S. The number of hydrogen-bond acceptors (Lipinski definition) is 8. The van der Waals surface area contributed by atoms with E-state index >= 15 is 0 Å². The van der Waals surface area contributed by atoms with Crippen molar-refractivity contribution in [3.63, 3.8) is 0 Å². The van der Waals surface area contributed by atoms with Crippen LogP contribution in [0, 0.1) is 20.2 Å². The molecule has 146 valence electrons. The van der Waals surface area contributed by atoms with Gasteiger partial charge in [0.1, 0.15) is 0 Å². The summed E-state index contributed by atoms with van der Waals surface area (Å²) in [6.07, 6.45) is 1.30. The second kappa shape index (κ2) is 10.0. The van der Waals surface area contributed by atoms with Crippen molar-refractivity contribution in [2.45, 2.75) is 5.75 Å². The van der Waals surface area contributed by atoms with E-state index in [1.807, 2.05) is 0 Å². The van der Waals surface area contributed by atoms with E-state index in [9.17, 15) is 25.0 Å². The average Bonchev–Trinajstić information content (AvgIpc) is 2.68. The molecule has 0 radical (unpaired) electrons. The molecule has 0 spiro atoms. The van der Waals surface area contributed by atoms with E-state index in [2.05, 4.69) is 10.5 Å². The van der Waals surface area contributed by atoms with Crippen LogP contribution in [0.2, 0.25) is 0 Å². The van der Waals surface area contributed by atoms with E-state index in [4.69, 9.17) is 4.74 Å². The third-order valence-electron chi connectivity index (χ3n) is 3.45. The van der Waals surface area contributed by atoms with Crippen LogP contribution in [0.25, 0.3) is 0 Å². The highest BCUT2D eigenvalue weighted by atomic mass is 32.2. The van der Waals surface area contributed by atoms with Gasteiger partial charge in [-0.25, -0.2) is 5.43 Å². The Labute approximate surface area is 163 Å². The number of nitro groups is 2. The Morgan fingerprint density at radius 2 is 1.89 bits per heavy atom. The lowest BCUT2D eigenvalue weighted by molar-refractivity contribution is -0.385. The predicted molar refractivity (Wildman–Crippen MR) is 105 cm³/mol. The zero-order chi connectivity index (χ0) is 20.5. The van der Waals surface area contributed by atoms with E-state index in [0.29, 0.717) is 11.3 Å². The number of non-ortho nitro benzene ring substituents is 1. The van der Waals surface area contributed by atoms with Gasteiger partial charge < -0.3 is 4.74 Å². The summed E-state index contributed by atoms with van der Waals surface area (Å²) in [5.74, 6) is 0.441. The van der Waals surface area contributed by atoms with Crippen molar-refractivity contribution in [3.8, 4) is 5.75 Å². The molecule has 0 aliphatic rings. The number of hydrazone groups is 1. The maximum absolute atomic E-state index is 11.8. The molecule has 28 heavy (non-hydrogen) atoms. The molecule has 1 N–H and O–H groups in total. The van der Waals surface area contributed by atoms with Crippen LogP contribution in [0.3, 0.4) is 0 Å². The molecule has 2 aromatic carbocycles. The SMILES string of the molecule is COc1ccc(/C=N/NC(=O)CSCc2ccc([N+](=O)[O-])cc2)cc1[N+](=O)[O-]. The number of rotatable bonds is 9. The molecule has 0 bridgehead atoms. The number of carbonyl (C=O) groups is 1. The Bertz CT molecular complexity index is 901. The molecule has 0 heterocycles. The summed E-state index contributed by atoms with van der Waals surface area (Å²) in [5, 5.41) is 25.4. The molecule has 11 heteroatoms. The first kappa shape index (κ1) is 20.8. The van der Waals surface area contributed by atoms with Crippen LogP contribution in [-0.2, 0) is 10.5 Å². The van der Waals surface area contributed by atoms with Crippen molar-refractivity contribution in [1.82, 2.24) is 5.43 Å². The standard InChI is InChI=1S/C17H16N4O6S/c1-27-16-7-4-13(8-15(16)21(25)26)9-18-19-17(22)11-28-10-12-2-5-14(6-3-12)20(23)24/h2-9H,10-11H2,1H3,(H,19,22)/b18-9+. The van der Waals surface area contributed by atoms with E-state index in [-0.39, 0.29) is 28.8 Å². The number of hydrogen-bond donors (Lipinski definition) is 1.